The van der Waals surface area contributed by atoms with Gasteiger partial charge in [-0.15, -0.1) is 0 Å². The van der Waals surface area contributed by atoms with Crippen LogP contribution in [0.1, 0.15) is 26.2 Å². The summed E-state index contributed by atoms with van der Waals surface area (Å²) in [6.45, 7) is 5.88. The van der Waals surface area contributed by atoms with Crippen LogP contribution in [-0.4, -0.2) is 30.6 Å². The summed E-state index contributed by atoms with van der Waals surface area (Å²) in [6, 6.07) is 0.376. The summed E-state index contributed by atoms with van der Waals surface area (Å²) >= 11 is 0. The number of likely N-dealkylation sites (tertiary alicyclic amines) is 1. The Balaban J connectivity index is 2.01. The lowest BCUT2D eigenvalue weighted by molar-refractivity contribution is 0.324. The third kappa shape index (κ3) is 2.67. The quantitative estimate of drug-likeness (QED) is 0.632. The first kappa shape index (κ1) is 8.02. The van der Waals surface area contributed by atoms with E-state index >= 15 is 0 Å². The van der Waals surface area contributed by atoms with E-state index in [2.05, 4.69) is 11.8 Å². The fourth-order valence-electron chi connectivity index (χ4n) is 1.39. The monoisotopic (exact) mass is 142 g/mol. The first-order valence-electron chi connectivity index (χ1n) is 4.27. The molecule has 1 heterocycles. The van der Waals surface area contributed by atoms with Crippen LogP contribution in [0.15, 0.2) is 0 Å². The Morgan fingerprint density at radius 3 is 2.50 bits per heavy atom. The molecule has 60 valence electrons. The highest BCUT2D eigenvalue weighted by Crippen LogP contribution is 2.07. The third-order valence-electron chi connectivity index (χ3n) is 2.10. The fraction of sp³-hybridized carbons (Fsp3) is 1.00. The molecule has 0 radical (unpaired) electrons. The van der Waals surface area contributed by atoms with Gasteiger partial charge in [0.05, 0.1) is 0 Å². The summed E-state index contributed by atoms with van der Waals surface area (Å²) in [4.78, 5) is 2.50. The topological polar surface area (TPSA) is 29.3 Å². The molecule has 0 amide bonds. The molecule has 0 aliphatic carbocycles. The number of hydrogen-bond acceptors (Lipinski definition) is 2. The van der Waals surface area contributed by atoms with E-state index in [1.165, 1.54) is 32.5 Å². The van der Waals surface area contributed by atoms with Crippen molar-refractivity contribution in [3.05, 3.63) is 0 Å². The predicted octanol–water partition coefficient (Wildman–Crippen LogP) is 0.820. The highest BCUT2D eigenvalue weighted by atomic mass is 15.1. The van der Waals surface area contributed by atoms with Gasteiger partial charge >= 0.3 is 0 Å². The molecule has 0 aromatic heterocycles. The molecule has 1 rings (SSSR count). The predicted molar refractivity (Wildman–Crippen MR) is 43.9 cm³/mol. The molecule has 1 fully saturated rings. The van der Waals surface area contributed by atoms with Crippen LogP contribution in [0.25, 0.3) is 0 Å². The van der Waals surface area contributed by atoms with Crippen molar-refractivity contribution in [2.45, 2.75) is 32.2 Å². The zero-order chi connectivity index (χ0) is 7.40. The van der Waals surface area contributed by atoms with E-state index in [1.807, 2.05) is 0 Å². The Bertz CT molecular complexity index is 85.3. The van der Waals surface area contributed by atoms with Crippen LogP contribution in [0, 0.1) is 0 Å². The SMILES string of the molecule is C[C@@H](N)CCN1CCCC1. The van der Waals surface area contributed by atoms with Crippen LogP contribution >= 0.6 is 0 Å². The van der Waals surface area contributed by atoms with E-state index in [-0.39, 0.29) is 0 Å². The second-order valence-corrected chi connectivity index (χ2v) is 3.31. The van der Waals surface area contributed by atoms with Crippen molar-refractivity contribution < 1.29 is 0 Å². The molecule has 1 saturated heterocycles. The third-order valence-corrected chi connectivity index (χ3v) is 2.10. The maximum absolute atomic E-state index is 5.64. The number of nitrogens with zero attached hydrogens (tertiary/aromatic N) is 1. The minimum absolute atomic E-state index is 0.376. The molecular weight excluding hydrogens is 124 g/mol. The zero-order valence-electron chi connectivity index (χ0n) is 6.84. The lowest BCUT2D eigenvalue weighted by atomic mass is 10.2. The van der Waals surface area contributed by atoms with E-state index in [0.717, 1.165) is 6.42 Å². The molecule has 2 heteroatoms. The number of nitrogens with two attached hydrogens (primary N) is 1. The summed E-state index contributed by atoms with van der Waals surface area (Å²) in [5.41, 5.74) is 5.64. The maximum atomic E-state index is 5.64. The van der Waals surface area contributed by atoms with Crippen LogP contribution in [0.2, 0.25) is 0 Å². The second-order valence-electron chi connectivity index (χ2n) is 3.31. The van der Waals surface area contributed by atoms with Crippen molar-refractivity contribution in [1.82, 2.24) is 4.90 Å². The molecule has 1 aliphatic rings. The largest absolute Gasteiger partial charge is 0.328 e. The van der Waals surface area contributed by atoms with Gasteiger partial charge in [-0.25, -0.2) is 0 Å². The standard InChI is InChI=1S/C8H18N2/c1-8(9)4-7-10-5-2-3-6-10/h8H,2-7,9H2,1H3/t8-/m1/s1. The molecule has 0 spiro atoms. The van der Waals surface area contributed by atoms with E-state index < -0.39 is 0 Å². The average Bonchev–Trinajstić information content (AvgIpc) is 2.34. The van der Waals surface area contributed by atoms with Crippen LogP contribution in [0.3, 0.4) is 0 Å². The van der Waals surface area contributed by atoms with Gasteiger partial charge in [0.2, 0.25) is 0 Å². The Morgan fingerprint density at radius 1 is 1.40 bits per heavy atom. The van der Waals surface area contributed by atoms with E-state index in [1.54, 1.807) is 0 Å². The van der Waals surface area contributed by atoms with Crippen molar-refractivity contribution in [3.63, 3.8) is 0 Å². The smallest absolute Gasteiger partial charge is 0.00226 e. The highest BCUT2D eigenvalue weighted by molar-refractivity contribution is 4.67. The molecular formula is C8H18N2. The van der Waals surface area contributed by atoms with Crippen molar-refractivity contribution in [2.75, 3.05) is 19.6 Å². The van der Waals surface area contributed by atoms with Crippen molar-refractivity contribution in [2.24, 2.45) is 5.73 Å². The summed E-state index contributed by atoms with van der Waals surface area (Å²) in [7, 11) is 0. The molecule has 0 bridgehead atoms. The lowest BCUT2D eigenvalue weighted by Gasteiger charge is -2.15. The van der Waals surface area contributed by atoms with Crippen LogP contribution in [0.4, 0.5) is 0 Å². The Kier molecular flexibility index (Phi) is 3.16. The van der Waals surface area contributed by atoms with Crippen LogP contribution < -0.4 is 5.73 Å². The lowest BCUT2D eigenvalue weighted by Crippen LogP contribution is -2.26. The van der Waals surface area contributed by atoms with Gasteiger partial charge in [-0.1, -0.05) is 0 Å². The molecule has 1 aliphatic heterocycles. The van der Waals surface area contributed by atoms with Crippen LogP contribution in [0.5, 0.6) is 0 Å². The maximum Gasteiger partial charge on any atom is 0.00226 e. The van der Waals surface area contributed by atoms with Crippen molar-refractivity contribution >= 4 is 0 Å². The Hall–Kier alpha value is -0.0800. The molecule has 1 atom stereocenters. The zero-order valence-corrected chi connectivity index (χ0v) is 6.84. The fourth-order valence-corrected chi connectivity index (χ4v) is 1.39. The normalized spacial score (nSPS) is 23.4. The van der Waals surface area contributed by atoms with Crippen molar-refractivity contribution in [1.29, 1.82) is 0 Å². The van der Waals surface area contributed by atoms with Gasteiger partial charge in [0, 0.05) is 6.04 Å². The van der Waals surface area contributed by atoms with Gasteiger partial charge in [-0.05, 0) is 45.8 Å². The van der Waals surface area contributed by atoms with Gasteiger partial charge in [-0.2, -0.15) is 0 Å². The van der Waals surface area contributed by atoms with E-state index in [9.17, 15) is 0 Å². The van der Waals surface area contributed by atoms with E-state index in [0.29, 0.717) is 6.04 Å². The number of hydrogen-bond donors (Lipinski definition) is 1. The molecule has 0 saturated carbocycles. The van der Waals surface area contributed by atoms with Gasteiger partial charge < -0.3 is 10.6 Å². The minimum atomic E-state index is 0.376. The highest BCUT2D eigenvalue weighted by Gasteiger charge is 2.10. The molecule has 10 heavy (non-hydrogen) atoms. The second kappa shape index (κ2) is 3.94. The summed E-state index contributed by atoms with van der Waals surface area (Å²) < 4.78 is 0. The molecule has 2 nitrogen and oxygen atoms in total. The summed E-state index contributed by atoms with van der Waals surface area (Å²) in [5, 5.41) is 0. The van der Waals surface area contributed by atoms with Gasteiger partial charge in [-0.3, -0.25) is 0 Å². The summed E-state index contributed by atoms with van der Waals surface area (Å²) in [6.07, 6.45) is 3.93. The Labute approximate surface area is 63.4 Å². The summed E-state index contributed by atoms with van der Waals surface area (Å²) in [5.74, 6) is 0. The molecule has 0 aromatic rings. The van der Waals surface area contributed by atoms with Gasteiger partial charge in [0.1, 0.15) is 0 Å². The minimum Gasteiger partial charge on any atom is -0.328 e. The average molecular weight is 142 g/mol. The van der Waals surface area contributed by atoms with E-state index in [4.69, 9.17) is 5.73 Å². The van der Waals surface area contributed by atoms with Gasteiger partial charge in [0.15, 0.2) is 0 Å². The Morgan fingerprint density at radius 2 is 2.00 bits per heavy atom. The molecule has 0 aromatic carbocycles. The molecule has 2 N–H and O–H groups in total. The van der Waals surface area contributed by atoms with Gasteiger partial charge in [0.25, 0.3) is 0 Å². The van der Waals surface area contributed by atoms with Crippen molar-refractivity contribution in [3.8, 4) is 0 Å². The van der Waals surface area contributed by atoms with Crippen LogP contribution in [-0.2, 0) is 0 Å². The first-order chi connectivity index (χ1) is 4.79. The number of rotatable bonds is 3. The molecule has 0 unspecified atom stereocenters. The first-order valence-corrected chi connectivity index (χ1v) is 4.27.